The smallest absolute Gasteiger partial charge is 0.282 e. The van der Waals surface area contributed by atoms with Gasteiger partial charge in [-0.3, -0.25) is 4.79 Å². The van der Waals surface area contributed by atoms with E-state index < -0.39 is 0 Å². The van der Waals surface area contributed by atoms with Crippen LogP contribution < -0.4 is 19.8 Å². The van der Waals surface area contributed by atoms with Crippen LogP contribution in [0.25, 0.3) is 22.3 Å². The van der Waals surface area contributed by atoms with Crippen molar-refractivity contribution in [1.29, 1.82) is 0 Å². The monoisotopic (exact) mass is 561 g/mol. The molecule has 1 aromatic heterocycles. The average Bonchev–Trinajstić information content (AvgIpc) is 3.00. The first-order valence-corrected chi connectivity index (χ1v) is 13.9. The molecule has 0 aliphatic heterocycles. The average molecular weight is 562 g/mol. The minimum Gasteiger partial charge on any atom is -0.496 e. The molecule has 0 aliphatic carbocycles. The van der Waals surface area contributed by atoms with E-state index in [9.17, 15) is 4.79 Å². The summed E-state index contributed by atoms with van der Waals surface area (Å²) in [6, 6.07) is 25.1. The van der Waals surface area contributed by atoms with Gasteiger partial charge in [0.2, 0.25) is 0 Å². The van der Waals surface area contributed by atoms with Crippen LogP contribution in [-0.2, 0) is 6.61 Å². The maximum absolute atomic E-state index is 13.8. The normalized spacial score (nSPS) is 11.4. The van der Waals surface area contributed by atoms with E-state index in [-0.39, 0.29) is 11.5 Å². The number of aryl methyl sites for hydroxylation is 2. The number of rotatable bonds is 9. The highest BCUT2D eigenvalue weighted by Crippen LogP contribution is 2.34. The first kappa shape index (κ1) is 28.6. The van der Waals surface area contributed by atoms with Crippen LogP contribution in [0.1, 0.15) is 47.6 Å². The lowest BCUT2D eigenvalue weighted by Crippen LogP contribution is -2.20. The summed E-state index contributed by atoms with van der Waals surface area (Å²) in [5.74, 6) is 2.67. The number of ether oxygens (including phenoxy) is 3. The van der Waals surface area contributed by atoms with E-state index in [4.69, 9.17) is 19.2 Å². The number of aromatic nitrogens is 2. The molecular weight excluding hydrogens is 526 g/mol. The Balaban J connectivity index is 1.55. The zero-order valence-corrected chi connectivity index (χ0v) is 24.8. The largest absolute Gasteiger partial charge is 0.496 e. The van der Waals surface area contributed by atoms with Gasteiger partial charge in [-0.05, 0) is 84.5 Å². The van der Waals surface area contributed by atoms with Gasteiger partial charge in [-0.2, -0.15) is 9.78 Å². The molecule has 42 heavy (non-hydrogen) atoms. The molecule has 0 saturated heterocycles. The second-order valence-corrected chi connectivity index (χ2v) is 10.6. The molecule has 214 valence electrons. The highest BCUT2D eigenvalue weighted by atomic mass is 16.5. The zero-order chi connectivity index (χ0) is 29.8. The molecule has 0 bridgehead atoms. The lowest BCUT2D eigenvalue weighted by Gasteiger charge is -2.17. The van der Waals surface area contributed by atoms with Gasteiger partial charge in [0.1, 0.15) is 12.4 Å². The standard InChI is InChI=1S/C35H35N3O4/c1-22(2)28-19-29(24(4)17-32(28)40-5)34-37-30-10-8-7-9-27(30)35(39)38(34)36-20-26-15-16-31(33(18-26)41-6)42-21-25-13-11-23(3)12-14-25/h7-20,22H,21H2,1-6H3. The molecule has 0 unspecified atom stereocenters. The minimum atomic E-state index is -0.252. The summed E-state index contributed by atoms with van der Waals surface area (Å²) >= 11 is 0. The van der Waals surface area contributed by atoms with E-state index in [2.05, 4.69) is 38.0 Å². The van der Waals surface area contributed by atoms with E-state index in [1.165, 1.54) is 10.2 Å². The quantitative estimate of drug-likeness (QED) is 0.177. The Hall–Kier alpha value is -4.91. The molecule has 7 heteroatoms. The van der Waals surface area contributed by atoms with Crippen molar-refractivity contribution < 1.29 is 14.2 Å². The van der Waals surface area contributed by atoms with Crippen molar-refractivity contribution in [2.45, 2.75) is 40.2 Å². The van der Waals surface area contributed by atoms with Crippen LogP contribution in [0.3, 0.4) is 0 Å². The molecule has 0 radical (unpaired) electrons. The number of fused-ring (bicyclic) bond motifs is 1. The predicted octanol–water partition coefficient (Wildman–Crippen LogP) is 7.28. The number of hydrogen-bond donors (Lipinski definition) is 0. The van der Waals surface area contributed by atoms with Crippen molar-refractivity contribution in [3.63, 3.8) is 0 Å². The molecule has 0 spiro atoms. The van der Waals surface area contributed by atoms with Crippen LogP contribution in [0.4, 0.5) is 0 Å². The number of hydrogen-bond acceptors (Lipinski definition) is 6. The topological polar surface area (TPSA) is 74.9 Å². The van der Waals surface area contributed by atoms with Gasteiger partial charge in [-0.15, -0.1) is 0 Å². The first-order valence-electron chi connectivity index (χ1n) is 13.9. The molecule has 7 nitrogen and oxygen atoms in total. The Morgan fingerprint density at radius 2 is 1.62 bits per heavy atom. The predicted molar refractivity (Wildman–Crippen MR) is 168 cm³/mol. The van der Waals surface area contributed by atoms with Crippen molar-refractivity contribution in [2.75, 3.05) is 14.2 Å². The second kappa shape index (κ2) is 12.3. The summed E-state index contributed by atoms with van der Waals surface area (Å²) in [4.78, 5) is 18.7. The molecule has 1 heterocycles. The lowest BCUT2D eigenvalue weighted by molar-refractivity contribution is 0.284. The molecule has 0 amide bonds. The highest BCUT2D eigenvalue weighted by molar-refractivity contribution is 5.83. The van der Waals surface area contributed by atoms with Gasteiger partial charge < -0.3 is 14.2 Å². The van der Waals surface area contributed by atoms with E-state index in [0.29, 0.717) is 34.8 Å². The molecule has 0 saturated carbocycles. The minimum absolute atomic E-state index is 0.211. The van der Waals surface area contributed by atoms with E-state index in [1.807, 2.05) is 67.6 Å². The summed E-state index contributed by atoms with van der Waals surface area (Å²) < 4.78 is 18.7. The van der Waals surface area contributed by atoms with Crippen LogP contribution in [-0.4, -0.2) is 30.1 Å². The molecule has 0 aliphatic rings. The molecule has 0 N–H and O–H groups in total. The summed E-state index contributed by atoms with van der Waals surface area (Å²) in [5, 5.41) is 5.15. The third kappa shape index (κ3) is 5.91. The summed E-state index contributed by atoms with van der Waals surface area (Å²) in [6.45, 7) is 8.68. The van der Waals surface area contributed by atoms with E-state index in [0.717, 1.165) is 33.6 Å². The van der Waals surface area contributed by atoms with Crippen LogP contribution in [0.5, 0.6) is 17.2 Å². The van der Waals surface area contributed by atoms with Crippen LogP contribution in [0, 0.1) is 13.8 Å². The number of nitrogens with zero attached hydrogens (tertiary/aromatic N) is 3. The van der Waals surface area contributed by atoms with Gasteiger partial charge in [0.15, 0.2) is 17.3 Å². The first-order chi connectivity index (χ1) is 20.3. The van der Waals surface area contributed by atoms with Gasteiger partial charge in [-0.25, -0.2) is 4.98 Å². The zero-order valence-electron chi connectivity index (χ0n) is 24.8. The van der Waals surface area contributed by atoms with Crippen molar-refractivity contribution >= 4 is 17.1 Å². The fraction of sp³-hybridized carbons (Fsp3) is 0.229. The van der Waals surface area contributed by atoms with Crippen molar-refractivity contribution in [2.24, 2.45) is 5.10 Å². The lowest BCUT2D eigenvalue weighted by atomic mass is 9.96. The number of methoxy groups -OCH3 is 2. The van der Waals surface area contributed by atoms with Gasteiger partial charge in [-0.1, -0.05) is 55.8 Å². The highest BCUT2D eigenvalue weighted by Gasteiger charge is 2.18. The van der Waals surface area contributed by atoms with Gasteiger partial charge >= 0.3 is 0 Å². The van der Waals surface area contributed by atoms with Crippen LogP contribution in [0.15, 0.2) is 88.8 Å². The third-order valence-electron chi connectivity index (χ3n) is 7.22. The Morgan fingerprint density at radius 3 is 2.33 bits per heavy atom. The Kier molecular flexibility index (Phi) is 8.38. The van der Waals surface area contributed by atoms with Crippen molar-refractivity contribution in [3.05, 3.63) is 117 Å². The Morgan fingerprint density at radius 1 is 0.881 bits per heavy atom. The van der Waals surface area contributed by atoms with Crippen molar-refractivity contribution in [3.8, 4) is 28.6 Å². The molecule has 5 rings (SSSR count). The van der Waals surface area contributed by atoms with Gasteiger partial charge in [0.25, 0.3) is 5.56 Å². The molecular formula is C35H35N3O4. The molecule has 5 aromatic rings. The summed E-state index contributed by atoms with van der Waals surface area (Å²) in [6.07, 6.45) is 1.63. The Bertz CT molecular complexity index is 1820. The van der Waals surface area contributed by atoms with Crippen molar-refractivity contribution in [1.82, 2.24) is 9.66 Å². The molecule has 0 fully saturated rings. The Labute approximate surface area is 246 Å². The summed E-state index contributed by atoms with van der Waals surface area (Å²) in [7, 11) is 3.27. The maximum Gasteiger partial charge on any atom is 0.282 e. The summed E-state index contributed by atoms with van der Waals surface area (Å²) in [5.41, 5.74) is 6.15. The van der Waals surface area contributed by atoms with Gasteiger partial charge in [0.05, 0.1) is 31.3 Å². The van der Waals surface area contributed by atoms with Gasteiger partial charge in [0, 0.05) is 5.56 Å². The second-order valence-electron chi connectivity index (χ2n) is 10.6. The molecule has 4 aromatic carbocycles. The molecule has 0 atom stereocenters. The number of benzene rings is 4. The van der Waals surface area contributed by atoms with E-state index in [1.54, 1.807) is 26.5 Å². The number of para-hydroxylation sites is 1. The fourth-order valence-corrected chi connectivity index (χ4v) is 4.83. The van der Waals surface area contributed by atoms with Crippen LogP contribution in [0.2, 0.25) is 0 Å². The maximum atomic E-state index is 13.8. The van der Waals surface area contributed by atoms with E-state index >= 15 is 0 Å². The van der Waals surface area contributed by atoms with Crippen LogP contribution >= 0.6 is 0 Å². The third-order valence-corrected chi connectivity index (χ3v) is 7.22. The fourth-order valence-electron chi connectivity index (χ4n) is 4.83. The SMILES string of the molecule is COc1cc(C=Nn2c(-c3cc(C(C)C)c(OC)cc3C)nc3ccccc3c2=O)ccc1OCc1ccc(C)cc1.